The zero-order chi connectivity index (χ0) is 19.4. The fraction of sp³-hybridized carbons (Fsp3) is 0.471. The zero-order valence-corrected chi connectivity index (χ0v) is 14.3. The highest BCUT2D eigenvalue weighted by Gasteiger charge is 2.35. The number of hydrogen-bond acceptors (Lipinski definition) is 5. The average molecular weight is 381 g/mol. The van der Waals surface area contributed by atoms with Crippen molar-refractivity contribution in [1.82, 2.24) is 19.5 Å². The second kappa shape index (κ2) is 7.85. The molecule has 1 fully saturated rings. The van der Waals surface area contributed by atoms with Crippen molar-refractivity contribution in [2.75, 3.05) is 5.32 Å². The molecule has 144 valence electrons. The maximum absolute atomic E-state index is 13.0. The lowest BCUT2D eigenvalue weighted by Crippen LogP contribution is -2.35. The summed E-state index contributed by atoms with van der Waals surface area (Å²) < 4.78 is 39.9. The molecule has 1 atom stereocenters. The van der Waals surface area contributed by atoms with Gasteiger partial charge in [-0.15, -0.1) is 0 Å². The molecule has 3 rings (SSSR count). The number of nitrogens with one attached hydrogen (secondary N) is 1. The van der Waals surface area contributed by atoms with Gasteiger partial charge in [-0.05, 0) is 12.3 Å². The van der Waals surface area contributed by atoms with Crippen LogP contribution in [0.15, 0.2) is 35.8 Å². The Labute approximate surface area is 152 Å². The molecule has 7 nitrogen and oxygen atoms in total. The lowest BCUT2D eigenvalue weighted by molar-refractivity contribution is -0.142. The molecule has 0 radical (unpaired) electrons. The van der Waals surface area contributed by atoms with Crippen LogP contribution in [0.5, 0.6) is 0 Å². The monoisotopic (exact) mass is 381 g/mol. The molecular formula is C17H18F3N5O2. The minimum Gasteiger partial charge on any atom is -0.308 e. The number of carbonyl (C=O) groups excluding carboxylic acids is 1. The van der Waals surface area contributed by atoms with Crippen LogP contribution in [0.1, 0.15) is 43.8 Å². The molecule has 1 amide bonds. The molecule has 2 heterocycles. The van der Waals surface area contributed by atoms with Crippen LogP contribution in [-0.2, 0) is 11.0 Å². The predicted molar refractivity (Wildman–Crippen MR) is 89.8 cm³/mol. The van der Waals surface area contributed by atoms with Gasteiger partial charge in [0.05, 0.1) is 12.4 Å². The Hall–Kier alpha value is -2.78. The van der Waals surface area contributed by atoms with E-state index in [4.69, 9.17) is 0 Å². The van der Waals surface area contributed by atoms with Gasteiger partial charge in [0.1, 0.15) is 6.04 Å². The number of halogens is 3. The SMILES string of the molecule is O=C(Nc1cnccn1)[C@H](CC1CCCC1)n1cc(C(F)(F)F)ncc1=O. The molecule has 1 aliphatic rings. The van der Waals surface area contributed by atoms with Gasteiger partial charge in [0.25, 0.3) is 5.56 Å². The molecule has 1 aliphatic carbocycles. The van der Waals surface area contributed by atoms with Gasteiger partial charge in [0.15, 0.2) is 11.5 Å². The van der Waals surface area contributed by atoms with E-state index in [9.17, 15) is 22.8 Å². The summed E-state index contributed by atoms with van der Waals surface area (Å²) in [5, 5.41) is 2.53. The van der Waals surface area contributed by atoms with E-state index in [1.807, 2.05) is 0 Å². The second-order valence-corrected chi connectivity index (χ2v) is 6.50. The van der Waals surface area contributed by atoms with E-state index in [0.717, 1.165) is 30.3 Å². The number of alkyl halides is 3. The number of amides is 1. The third-order valence-corrected chi connectivity index (χ3v) is 4.60. The molecule has 0 aromatic carbocycles. The van der Waals surface area contributed by atoms with Crippen LogP contribution in [-0.4, -0.2) is 25.4 Å². The Morgan fingerprint density at radius 2 is 1.96 bits per heavy atom. The molecule has 1 saturated carbocycles. The third kappa shape index (κ3) is 4.69. The molecule has 10 heteroatoms. The molecule has 0 aliphatic heterocycles. The van der Waals surface area contributed by atoms with Gasteiger partial charge in [-0.2, -0.15) is 13.2 Å². The summed E-state index contributed by atoms with van der Waals surface area (Å²) in [6.45, 7) is 0. The van der Waals surface area contributed by atoms with Crippen LogP contribution in [0.3, 0.4) is 0 Å². The molecule has 27 heavy (non-hydrogen) atoms. The van der Waals surface area contributed by atoms with Gasteiger partial charge in [-0.1, -0.05) is 25.7 Å². The lowest BCUT2D eigenvalue weighted by atomic mass is 9.97. The maximum atomic E-state index is 13.0. The Bertz CT molecular complexity index is 848. The zero-order valence-electron chi connectivity index (χ0n) is 14.3. The Kier molecular flexibility index (Phi) is 5.52. The Morgan fingerprint density at radius 3 is 2.59 bits per heavy atom. The average Bonchev–Trinajstić information content (AvgIpc) is 3.13. The maximum Gasteiger partial charge on any atom is 0.434 e. The van der Waals surface area contributed by atoms with E-state index in [2.05, 4.69) is 20.3 Å². The first kappa shape index (κ1) is 19.0. The quantitative estimate of drug-likeness (QED) is 0.860. The first-order chi connectivity index (χ1) is 12.8. The van der Waals surface area contributed by atoms with Crippen LogP contribution >= 0.6 is 0 Å². The van der Waals surface area contributed by atoms with Crippen molar-refractivity contribution in [1.29, 1.82) is 0 Å². The topological polar surface area (TPSA) is 89.8 Å². The van der Waals surface area contributed by atoms with Crippen LogP contribution in [0.4, 0.5) is 19.0 Å². The van der Waals surface area contributed by atoms with Gasteiger partial charge < -0.3 is 5.32 Å². The van der Waals surface area contributed by atoms with E-state index in [0.29, 0.717) is 12.4 Å². The number of hydrogen-bond donors (Lipinski definition) is 1. The number of nitrogens with zero attached hydrogens (tertiary/aromatic N) is 4. The number of anilines is 1. The Morgan fingerprint density at radius 1 is 1.22 bits per heavy atom. The standard InChI is InChI=1S/C17H18F3N5O2/c18-17(19,20)13-10-25(15(26)9-23-13)12(7-11-3-1-2-4-11)16(27)24-14-8-21-5-6-22-14/h5-6,8-12H,1-4,7H2,(H,22,24,27)/t12-/m0/s1. The summed E-state index contributed by atoms with van der Waals surface area (Å²) in [4.78, 5) is 35.9. The molecule has 0 spiro atoms. The molecule has 2 aromatic rings. The van der Waals surface area contributed by atoms with Crippen molar-refractivity contribution in [3.8, 4) is 0 Å². The first-order valence-electron chi connectivity index (χ1n) is 8.57. The van der Waals surface area contributed by atoms with Crippen molar-refractivity contribution in [3.05, 3.63) is 47.0 Å². The summed E-state index contributed by atoms with van der Waals surface area (Å²) >= 11 is 0. The van der Waals surface area contributed by atoms with E-state index >= 15 is 0 Å². The predicted octanol–water partition coefficient (Wildman–Crippen LogP) is 2.81. The second-order valence-electron chi connectivity index (χ2n) is 6.50. The Balaban J connectivity index is 1.94. The molecule has 0 bridgehead atoms. The smallest absolute Gasteiger partial charge is 0.308 e. The highest BCUT2D eigenvalue weighted by molar-refractivity contribution is 5.92. The summed E-state index contributed by atoms with van der Waals surface area (Å²) in [6.07, 6.45) is 4.64. The summed E-state index contributed by atoms with van der Waals surface area (Å²) in [7, 11) is 0. The van der Waals surface area contributed by atoms with Crippen molar-refractivity contribution in [3.63, 3.8) is 0 Å². The van der Waals surface area contributed by atoms with Gasteiger partial charge in [-0.25, -0.2) is 9.97 Å². The largest absolute Gasteiger partial charge is 0.434 e. The molecule has 1 N–H and O–H groups in total. The van der Waals surface area contributed by atoms with Crippen LogP contribution < -0.4 is 10.9 Å². The highest BCUT2D eigenvalue weighted by Crippen LogP contribution is 2.33. The van der Waals surface area contributed by atoms with Crippen LogP contribution in [0, 0.1) is 5.92 Å². The van der Waals surface area contributed by atoms with Gasteiger partial charge in [-0.3, -0.25) is 19.1 Å². The van der Waals surface area contributed by atoms with Crippen molar-refractivity contribution in [2.45, 2.75) is 44.3 Å². The van der Waals surface area contributed by atoms with E-state index < -0.39 is 29.4 Å². The summed E-state index contributed by atoms with van der Waals surface area (Å²) in [6, 6.07) is -1.09. The highest BCUT2D eigenvalue weighted by atomic mass is 19.4. The first-order valence-corrected chi connectivity index (χ1v) is 8.57. The van der Waals surface area contributed by atoms with E-state index in [-0.39, 0.29) is 18.2 Å². The number of rotatable bonds is 5. The van der Waals surface area contributed by atoms with E-state index in [1.165, 1.54) is 18.6 Å². The van der Waals surface area contributed by atoms with Gasteiger partial charge >= 0.3 is 6.18 Å². The lowest BCUT2D eigenvalue weighted by Gasteiger charge is -2.22. The fourth-order valence-corrected chi connectivity index (χ4v) is 3.29. The molecule has 0 unspecified atom stereocenters. The van der Waals surface area contributed by atoms with Crippen molar-refractivity contribution in [2.24, 2.45) is 5.92 Å². The molecule has 2 aromatic heterocycles. The summed E-state index contributed by atoms with van der Waals surface area (Å²) in [5.74, 6) is -0.280. The fourth-order valence-electron chi connectivity index (χ4n) is 3.29. The molecular weight excluding hydrogens is 363 g/mol. The van der Waals surface area contributed by atoms with Crippen molar-refractivity contribution < 1.29 is 18.0 Å². The van der Waals surface area contributed by atoms with Gasteiger partial charge in [0.2, 0.25) is 5.91 Å². The minimum absolute atomic E-state index is 0.164. The van der Waals surface area contributed by atoms with Crippen LogP contribution in [0.25, 0.3) is 0 Å². The van der Waals surface area contributed by atoms with Crippen molar-refractivity contribution >= 4 is 11.7 Å². The number of carbonyl (C=O) groups is 1. The molecule has 0 saturated heterocycles. The van der Waals surface area contributed by atoms with E-state index in [1.54, 1.807) is 0 Å². The third-order valence-electron chi connectivity index (χ3n) is 4.60. The van der Waals surface area contributed by atoms with Crippen LogP contribution in [0.2, 0.25) is 0 Å². The number of aromatic nitrogens is 4. The minimum atomic E-state index is -4.71. The normalized spacial score (nSPS) is 16.3. The summed E-state index contributed by atoms with van der Waals surface area (Å²) in [5.41, 5.74) is -1.98. The van der Waals surface area contributed by atoms with Gasteiger partial charge in [0, 0.05) is 18.6 Å².